The number of fused-ring (bicyclic) bond motifs is 1. The third-order valence-corrected chi connectivity index (χ3v) is 4.01. The van der Waals surface area contributed by atoms with Crippen LogP contribution in [0.5, 0.6) is 0 Å². The minimum Gasteiger partial charge on any atom is -0.388 e. The van der Waals surface area contributed by atoms with E-state index >= 15 is 0 Å². The van der Waals surface area contributed by atoms with Crippen LogP contribution in [0.3, 0.4) is 0 Å². The number of rotatable bonds is 2. The smallest absolute Gasteiger partial charge is 0.0792 e. The summed E-state index contributed by atoms with van der Waals surface area (Å²) in [7, 11) is 0. The summed E-state index contributed by atoms with van der Waals surface area (Å²) in [5.74, 6) is 0.329. The molecule has 0 saturated carbocycles. The van der Waals surface area contributed by atoms with Gasteiger partial charge in [-0.05, 0) is 50.1 Å². The van der Waals surface area contributed by atoms with Crippen molar-refractivity contribution in [3.05, 3.63) is 33.5 Å². The van der Waals surface area contributed by atoms with Gasteiger partial charge < -0.3 is 5.11 Å². The van der Waals surface area contributed by atoms with Crippen LogP contribution in [0, 0.1) is 0 Å². The zero-order valence-corrected chi connectivity index (χ0v) is 10.2. The first-order valence-electron chi connectivity index (χ1n) is 5.58. The minimum absolute atomic E-state index is 0.302. The third-order valence-electron chi connectivity index (χ3n) is 3.01. The highest BCUT2D eigenvalue weighted by atomic mass is 32.1. The van der Waals surface area contributed by atoms with Crippen LogP contribution in [0.1, 0.15) is 43.0 Å². The van der Waals surface area contributed by atoms with E-state index in [4.69, 9.17) is 0 Å². The standard InChI is InChI=1S/C13H18OS/c1-9(2)8-12(14)10-4-3-5-13-11(10)6-7-15-13/h6-8,10,12,14H,3-5H2,1-2H3. The first-order valence-corrected chi connectivity index (χ1v) is 6.46. The van der Waals surface area contributed by atoms with Crippen LogP contribution in [0.15, 0.2) is 23.1 Å². The molecule has 0 aromatic carbocycles. The fraction of sp³-hybridized carbons (Fsp3) is 0.538. The lowest BCUT2D eigenvalue weighted by Gasteiger charge is -2.25. The summed E-state index contributed by atoms with van der Waals surface area (Å²) in [6, 6.07) is 2.19. The second kappa shape index (κ2) is 4.50. The average molecular weight is 222 g/mol. The Morgan fingerprint density at radius 1 is 1.60 bits per heavy atom. The van der Waals surface area contributed by atoms with Crippen molar-refractivity contribution in [1.29, 1.82) is 0 Å². The molecular formula is C13H18OS. The van der Waals surface area contributed by atoms with Gasteiger partial charge in [0.25, 0.3) is 0 Å². The number of aryl methyl sites for hydroxylation is 1. The average Bonchev–Trinajstić information content (AvgIpc) is 2.63. The molecule has 2 unspecified atom stereocenters. The van der Waals surface area contributed by atoms with E-state index in [1.165, 1.54) is 28.9 Å². The first-order chi connectivity index (χ1) is 7.18. The van der Waals surface area contributed by atoms with E-state index < -0.39 is 0 Å². The Morgan fingerprint density at radius 3 is 3.13 bits per heavy atom. The molecule has 1 aromatic rings. The third kappa shape index (κ3) is 2.32. The van der Waals surface area contributed by atoms with Crippen LogP contribution < -0.4 is 0 Å². The summed E-state index contributed by atoms with van der Waals surface area (Å²) < 4.78 is 0. The van der Waals surface area contributed by atoms with Crippen LogP contribution in [-0.2, 0) is 6.42 Å². The second-order valence-corrected chi connectivity index (χ2v) is 5.53. The normalized spacial score (nSPS) is 21.9. The fourth-order valence-electron chi connectivity index (χ4n) is 2.33. The summed E-state index contributed by atoms with van der Waals surface area (Å²) >= 11 is 1.83. The van der Waals surface area contributed by atoms with Crippen molar-refractivity contribution in [2.24, 2.45) is 0 Å². The van der Waals surface area contributed by atoms with E-state index in [2.05, 4.69) is 11.4 Å². The molecule has 2 rings (SSSR count). The van der Waals surface area contributed by atoms with E-state index in [0.717, 1.165) is 6.42 Å². The molecule has 0 bridgehead atoms. The maximum absolute atomic E-state index is 10.1. The van der Waals surface area contributed by atoms with Crippen molar-refractivity contribution < 1.29 is 5.11 Å². The first kappa shape index (κ1) is 10.9. The van der Waals surface area contributed by atoms with Crippen LogP contribution in [0.2, 0.25) is 0 Å². The molecule has 82 valence electrons. The number of hydrogen-bond acceptors (Lipinski definition) is 2. The monoisotopic (exact) mass is 222 g/mol. The van der Waals surface area contributed by atoms with Gasteiger partial charge in [-0.3, -0.25) is 0 Å². The highest BCUT2D eigenvalue weighted by Gasteiger charge is 2.25. The summed E-state index contributed by atoms with van der Waals surface area (Å²) in [6.45, 7) is 4.08. The number of allylic oxidation sites excluding steroid dienone is 1. The Balaban J connectivity index is 2.22. The van der Waals surface area contributed by atoms with Gasteiger partial charge in [0, 0.05) is 10.8 Å². The van der Waals surface area contributed by atoms with Gasteiger partial charge in [-0.2, -0.15) is 0 Å². The quantitative estimate of drug-likeness (QED) is 0.759. The van der Waals surface area contributed by atoms with Gasteiger partial charge in [0.1, 0.15) is 0 Å². The van der Waals surface area contributed by atoms with Crippen molar-refractivity contribution in [2.45, 2.75) is 45.1 Å². The molecule has 1 aliphatic rings. The Kier molecular flexibility index (Phi) is 3.27. The van der Waals surface area contributed by atoms with Gasteiger partial charge in [-0.25, -0.2) is 0 Å². The lowest BCUT2D eigenvalue weighted by molar-refractivity contribution is 0.179. The molecule has 0 aliphatic heterocycles. The zero-order chi connectivity index (χ0) is 10.8. The molecule has 0 amide bonds. The topological polar surface area (TPSA) is 20.2 Å². The molecule has 0 radical (unpaired) electrons. The number of hydrogen-bond donors (Lipinski definition) is 1. The molecule has 1 aliphatic carbocycles. The summed E-state index contributed by atoms with van der Waals surface area (Å²) in [4.78, 5) is 1.48. The van der Waals surface area contributed by atoms with Crippen LogP contribution in [-0.4, -0.2) is 11.2 Å². The molecular weight excluding hydrogens is 204 g/mol. The molecule has 0 saturated heterocycles. The Morgan fingerprint density at radius 2 is 2.40 bits per heavy atom. The maximum atomic E-state index is 10.1. The van der Waals surface area contributed by atoms with E-state index in [-0.39, 0.29) is 6.10 Å². The minimum atomic E-state index is -0.302. The lowest BCUT2D eigenvalue weighted by Crippen LogP contribution is -2.20. The van der Waals surface area contributed by atoms with Crippen molar-refractivity contribution in [2.75, 3.05) is 0 Å². The molecule has 1 nitrogen and oxygen atoms in total. The SMILES string of the molecule is CC(C)=CC(O)C1CCCc2sccc21. The second-order valence-electron chi connectivity index (χ2n) is 4.53. The van der Waals surface area contributed by atoms with Crippen LogP contribution in [0.4, 0.5) is 0 Å². The predicted molar refractivity (Wildman–Crippen MR) is 65.4 cm³/mol. The van der Waals surface area contributed by atoms with Crippen molar-refractivity contribution in [3.8, 4) is 0 Å². The molecule has 1 N–H and O–H groups in total. The number of aliphatic hydroxyl groups is 1. The van der Waals surface area contributed by atoms with Gasteiger partial charge in [0.15, 0.2) is 0 Å². The molecule has 1 heterocycles. The van der Waals surface area contributed by atoms with Gasteiger partial charge >= 0.3 is 0 Å². The Bertz CT molecular complexity index is 360. The summed E-state index contributed by atoms with van der Waals surface area (Å²) in [5.41, 5.74) is 2.58. The van der Waals surface area contributed by atoms with Gasteiger partial charge in [-0.15, -0.1) is 11.3 Å². The van der Waals surface area contributed by atoms with Crippen LogP contribution in [0.25, 0.3) is 0 Å². The molecule has 2 heteroatoms. The molecule has 15 heavy (non-hydrogen) atoms. The fourth-order valence-corrected chi connectivity index (χ4v) is 3.33. The van der Waals surface area contributed by atoms with Crippen molar-refractivity contribution in [3.63, 3.8) is 0 Å². The Hall–Kier alpha value is -0.600. The molecule has 0 fully saturated rings. The molecule has 2 atom stereocenters. The van der Waals surface area contributed by atoms with Gasteiger partial charge in [-0.1, -0.05) is 11.6 Å². The van der Waals surface area contributed by atoms with Gasteiger partial charge in [0.05, 0.1) is 6.10 Å². The van der Waals surface area contributed by atoms with Crippen molar-refractivity contribution in [1.82, 2.24) is 0 Å². The van der Waals surface area contributed by atoms with Crippen molar-refractivity contribution >= 4 is 11.3 Å². The van der Waals surface area contributed by atoms with Crippen LogP contribution >= 0.6 is 11.3 Å². The highest BCUT2D eigenvalue weighted by Crippen LogP contribution is 2.37. The van der Waals surface area contributed by atoms with E-state index in [1.54, 1.807) is 0 Å². The summed E-state index contributed by atoms with van der Waals surface area (Å²) in [6.07, 6.45) is 5.21. The molecule has 1 aromatic heterocycles. The van der Waals surface area contributed by atoms with E-state index in [9.17, 15) is 5.11 Å². The van der Waals surface area contributed by atoms with E-state index in [1.807, 2.05) is 31.3 Å². The Labute approximate surface area is 95.5 Å². The maximum Gasteiger partial charge on any atom is 0.0792 e. The predicted octanol–water partition coefficient (Wildman–Crippen LogP) is 3.50. The lowest BCUT2D eigenvalue weighted by atomic mass is 9.83. The zero-order valence-electron chi connectivity index (χ0n) is 9.36. The summed E-state index contributed by atoms with van der Waals surface area (Å²) in [5, 5.41) is 12.3. The highest BCUT2D eigenvalue weighted by molar-refractivity contribution is 7.10. The van der Waals surface area contributed by atoms with Gasteiger partial charge in [0.2, 0.25) is 0 Å². The largest absolute Gasteiger partial charge is 0.388 e. The van der Waals surface area contributed by atoms with E-state index in [0.29, 0.717) is 5.92 Å². The number of thiophene rings is 1. The number of aliphatic hydroxyl groups excluding tert-OH is 1. The molecule has 0 spiro atoms.